The third-order valence-electron chi connectivity index (χ3n) is 3.79. The van der Waals surface area contributed by atoms with Gasteiger partial charge in [0.05, 0.1) is 0 Å². The molecule has 0 amide bonds. The van der Waals surface area contributed by atoms with E-state index in [9.17, 15) is 0 Å². The zero-order chi connectivity index (χ0) is 12.8. The van der Waals surface area contributed by atoms with Crippen LogP contribution in [0.5, 0.6) is 0 Å². The number of benzene rings is 1. The molecule has 1 saturated heterocycles. The van der Waals surface area contributed by atoms with Crippen LogP contribution in [0.1, 0.15) is 24.8 Å². The first-order chi connectivity index (χ1) is 8.79. The van der Waals surface area contributed by atoms with Gasteiger partial charge in [-0.1, -0.05) is 34.1 Å². The van der Waals surface area contributed by atoms with E-state index in [-0.39, 0.29) is 0 Å². The first-order valence-corrected chi connectivity index (χ1v) is 7.57. The monoisotopic (exact) mass is 311 g/mol. The lowest BCUT2D eigenvalue weighted by Gasteiger charge is -2.26. The molecule has 1 unspecified atom stereocenters. The summed E-state index contributed by atoms with van der Waals surface area (Å²) in [5, 5.41) is 3.46. The van der Waals surface area contributed by atoms with Gasteiger partial charge in [0.25, 0.3) is 0 Å². The lowest BCUT2D eigenvalue weighted by molar-refractivity contribution is 0.0608. The number of halogens is 1. The van der Waals surface area contributed by atoms with Gasteiger partial charge in [0.2, 0.25) is 0 Å². The minimum Gasteiger partial charge on any atom is -0.381 e. The van der Waals surface area contributed by atoms with Crippen molar-refractivity contribution in [3.05, 3.63) is 34.3 Å². The van der Waals surface area contributed by atoms with E-state index in [4.69, 9.17) is 4.74 Å². The van der Waals surface area contributed by atoms with Crippen molar-refractivity contribution < 1.29 is 4.74 Å². The molecule has 0 bridgehead atoms. The highest BCUT2D eigenvalue weighted by atomic mass is 79.9. The molecule has 1 aromatic carbocycles. The van der Waals surface area contributed by atoms with Crippen LogP contribution in [0.4, 0.5) is 0 Å². The van der Waals surface area contributed by atoms with Crippen LogP contribution in [0, 0.1) is 5.92 Å². The highest BCUT2D eigenvalue weighted by Gasteiger charge is 2.19. The molecule has 1 aliphatic heterocycles. The van der Waals surface area contributed by atoms with E-state index in [0.717, 1.165) is 25.6 Å². The number of hydrogen-bond acceptors (Lipinski definition) is 2. The highest BCUT2D eigenvalue weighted by Crippen LogP contribution is 2.23. The van der Waals surface area contributed by atoms with Crippen molar-refractivity contribution in [2.24, 2.45) is 5.92 Å². The summed E-state index contributed by atoms with van der Waals surface area (Å²) in [6.07, 6.45) is 4.78. The topological polar surface area (TPSA) is 21.3 Å². The molecule has 2 rings (SSSR count). The Morgan fingerprint density at radius 3 is 2.72 bits per heavy atom. The van der Waals surface area contributed by atoms with Crippen LogP contribution in [-0.2, 0) is 11.2 Å². The van der Waals surface area contributed by atoms with Crippen molar-refractivity contribution in [1.82, 2.24) is 5.32 Å². The van der Waals surface area contributed by atoms with Gasteiger partial charge >= 0.3 is 0 Å². The molecule has 0 radical (unpaired) electrons. The van der Waals surface area contributed by atoms with Gasteiger partial charge in [0, 0.05) is 23.7 Å². The molecular weight excluding hydrogens is 290 g/mol. The Balaban J connectivity index is 1.90. The summed E-state index contributed by atoms with van der Waals surface area (Å²) < 4.78 is 6.64. The van der Waals surface area contributed by atoms with Crippen molar-refractivity contribution in [3.8, 4) is 0 Å². The zero-order valence-electron chi connectivity index (χ0n) is 11.0. The fourth-order valence-corrected chi connectivity index (χ4v) is 3.06. The van der Waals surface area contributed by atoms with Crippen molar-refractivity contribution >= 4 is 15.9 Å². The van der Waals surface area contributed by atoms with E-state index in [2.05, 4.69) is 52.6 Å². The number of rotatable bonds is 5. The molecule has 0 spiro atoms. The van der Waals surface area contributed by atoms with Gasteiger partial charge in [0.15, 0.2) is 0 Å². The Morgan fingerprint density at radius 1 is 1.33 bits per heavy atom. The van der Waals surface area contributed by atoms with Crippen LogP contribution in [0.15, 0.2) is 28.7 Å². The molecule has 0 aliphatic carbocycles. The minimum atomic E-state index is 0.562. The third kappa shape index (κ3) is 4.08. The van der Waals surface area contributed by atoms with Crippen LogP contribution < -0.4 is 5.32 Å². The molecular formula is C15H22BrNO. The van der Waals surface area contributed by atoms with Gasteiger partial charge in [-0.05, 0) is 50.3 Å². The second-order valence-corrected chi connectivity index (χ2v) is 5.93. The SMILES string of the molecule is CNC(Cc1ccccc1Br)CC1CCOCC1. The molecule has 0 saturated carbocycles. The lowest BCUT2D eigenvalue weighted by Crippen LogP contribution is -2.32. The van der Waals surface area contributed by atoms with Gasteiger partial charge in [-0.25, -0.2) is 0 Å². The molecule has 1 aliphatic rings. The molecule has 1 fully saturated rings. The number of nitrogens with one attached hydrogen (secondary N) is 1. The molecule has 3 heteroatoms. The normalized spacial score (nSPS) is 18.8. The second kappa shape index (κ2) is 7.27. The largest absolute Gasteiger partial charge is 0.381 e. The molecule has 1 aromatic rings. The summed E-state index contributed by atoms with van der Waals surface area (Å²) in [5.41, 5.74) is 1.39. The average molecular weight is 312 g/mol. The van der Waals surface area contributed by atoms with E-state index in [1.807, 2.05) is 0 Å². The van der Waals surface area contributed by atoms with Gasteiger partial charge in [-0.15, -0.1) is 0 Å². The summed E-state index contributed by atoms with van der Waals surface area (Å²) in [5.74, 6) is 0.818. The molecule has 18 heavy (non-hydrogen) atoms. The summed E-state index contributed by atoms with van der Waals surface area (Å²) in [6.45, 7) is 1.88. The molecule has 100 valence electrons. The van der Waals surface area contributed by atoms with E-state index in [0.29, 0.717) is 6.04 Å². The van der Waals surface area contributed by atoms with Gasteiger partial charge in [0.1, 0.15) is 0 Å². The van der Waals surface area contributed by atoms with E-state index in [1.165, 1.54) is 29.3 Å². The standard InChI is InChI=1S/C15H22BrNO/c1-17-14(10-12-6-8-18-9-7-12)11-13-4-2-3-5-15(13)16/h2-5,12,14,17H,6-11H2,1H3. The Labute approximate surface area is 118 Å². The fourth-order valence-electron chi connectivity index (χ4n) is 2.62. The summed E-state index contributed by atoms with van der Waals surface area (Å²) in [4.78, 5) is 0. The third-order valence-corrected chi connectivity index (χ3v) is 4.56. The predicted octanol–water partition coefficient (Wildman–Crippen LogP) is 3.40. The number of ether oxygens (including phenoxy) is 1. The van der Waals surface area contributed by atoms with E-state index >= 15 is 0 Å². The molecule has 2 nitrogen and oxygen atoms in total. The lowest BCUT2D eigenvalue weighted by atomic mass is 9.90. The van der Waals surface area contributed by atoms with E-state index < -0.39 is 0 Å². The Kier molecular flexibility index (Phi) is 5.67. The first-order valence-electron chi connectivity index (χ1n) is 6.78. The summed E-state index contributed by atoms with van der Waals surface area (Å²) in [6, 6.07) is 9.07. The Bertz CT molecular complexity index is 363. The fraction of sp³-hybridized carbons (Fsp3) is 0.600. The highest BCUT2D eigenvalue weighted by molar-refractivity contribution is 9.10. The van der Waals surface area contributed by atoms with Gasteiger partial charge < -0.3 is 10.1 Å². The van der Waals surface area contributed by atoms with Crippen LogP contribution in [0.25, 0.3) is 0 Å². The smallest absolute Gasteiger partial charge is 0.0468 e. The molecule has 1 N–H and O–H groups in total. The predicted molar refractivity (Wildman–Crippen MR) is 78.9 cm³/mol. The van der Waals surface area contributed by atoms with E-state index in [1.54, 1.807) is 0 Å². The average Bonchev–Trinajstić information content (AvgIpc) is 2.41. The van der Waals surface area contributed by atoms with Gasteiger partial charge in [-0.3, -0.25) is 0 Å². The maximum Gasteiger partial charge on any atom is 0.0468 e. The van der Waals surface area contributed by atoms with Crippen molar-refractivity contribution in [2.45, 2.75) is 31.7 Å². The maximum absolute atomic E-state index is 5.42. The zero-order valence-corrected chi connectivity index (χ0v) is 12.6. The second-order valence-electron chi connectivity index (χ2n) is 5.07. The Hall–Kier alpha value is -0.380. The van der Waals surface area contributed by atoms with Crippen LogP contribution >= 0.6 is 15.9 Å². The van der Waals surface area contributed by atoms with Crippen molar-refractivity contribution in [2.75, 3.05) is 20.3 Å². The number of hydrogen-bond donors (Lipinski definition) is 1. The maximum atomic E-state index is 5.42. The molecule has 1 heterocycles. The quantitative estimate of drug-likeness (QED) is 0.900. The van der Waals surface area contributed by atoms with Crippen molar-refractivity contribution in [3.63, 3.8) is 0 Å². The summed E-state index contributed by atoms with van der Waals surface area (Å²) in [7, 11) is 2.07. The van der Waals surface area contributed by atoms with Crippen LogP contribution in [-0.4, -0.2) is 26.3 Å². The Morgan fingerprint density at radius 2 is 2.06 bits per heavy atom. The summed E-state index contributed by atoms with van der Waals surface area (Å²) >= 11 is 3.63. The first kappa shape index (κ1) is 14.0. The van der Waals surface area contributed by atoms with Crippen molar-refractivity contribution in [1.29, 1.82) is 0 Å². The number of likely N-dealkylation sites (N-methyl/N-ethyl adjacent to an activating group) is 1. The van der Waals surface area contributed by atoms with Gasteiger partial charge in [-0.2, -0.15) is 0 Å². The van der Waals surface area contributed by atoms with Crippen LogP contribution in [0.2, 0.25) is 0 Å². The molecule has 1 atom stereocenters. The molecule has 0 aromatic heterocycles. The van der Waals surface area contributed by atoms with Crippen LogP contribution in [0.3, 0.4) is 0 Å². The minimum absolute atomic E-state index is 0.562.